The number of likely N-dealkylation sites (N-methyl/N-ethyl adjacent to an activating group) is 1. The van der Waals surface area contributed by atoms with E-state index in [-0.39, 0.29) is 11.7 Å². The highest BCUT2D eigenvalue weighted by molar-refractivity contribution is 6.02. The molecule has 2 aromatic rings. The highest BCUT2D eigenvalue weighted by atomic mass is 19.1. The predicted molar refractivity (Wildman–Crippen MR) is 77.2 cm³/mol. The molecule has 0 unspecified atom stereocenters. The minimum atomic E-state index is -0.460. The summed E-state index contributed by atoms with van der Waals surface area (Å²) < 4.78 is 13.0. The summed E-state index contributed by atoms with van der Waals surface area (Å²) in [5.74, 6) is -0.191. The van der Waals surface area contributed by atoms with Crippen molar-refractivity contribution in [1.29, 1.82) is 0 Å². The van der Waals surface area contributed by atoms with Crippen molar-refractivity contribution in [1.82, 2.24) is 0 Å². The average molecular weight is 269 g/mol. The third-order valence-corrected chi connectivity index (χ3v) is 4.00. The van der Waals surface area contributed by atoms with Gasteiger partial charge in [0.2, 0.25) is 5.91 Å². The fourth-order valence-corrected chi connectivity index (χ4v) is 2.61. The third kappa shape index (κ3) is 2.09. The summed E-state index contributed by atoms with van der Waals surface area (Å²) in [5.41, 5.74) is 1.33. The summed E-state index contributed by atoms with van der Waals surface area (Å²) in [6.07, 6.45) is 1.66. The van der Waals surface area contributed by atoms with Crippen LogP contribution in [0.4, 0.5) is 10.1 Å². The van der Waals surface area contributed by atoms with Crippen LogP contribution in [0.25, 0.3) is 0 Å². The lowest BCUT2D eigenvalue weighted by Crippen LogP contribution is -2.36. The lowest BCUT2D eigenvalue weighted by atomic mass is 9.94. The van der Waals surface area contributed by atoms with Gasteiger partial charge in [0.1, 0.15) is 5.82 Å². The fourth-order valence-electron chi connectivity index (χ4n) is 2.61. The zero-order chi connectivity index (χ0) is 14.2. The first-order chi connectivity index (χ1) is 9.63. The molecule has 0 atom stereocenters. The van der Waals surface area contributed by atoms with Gasteiger partial charge in [0.05, 0.1) is 5.41 Å². The third-order valence-electron chi connectivity index (χ3n) is 4.00. The number of hydrogen-bond donors (Lipinski definition) is 0. The Kier molecular flexibility index (Phi) is 3.05. The van der Waals surface area contributed by atoms with Gasteiger partial charge in [-0.25, -0.2) is 4.39 Å². The molecule has 2 nitrogen and oxygen atoms in total. The van der Waals surface area contributed by atoms with Crippen LogP contribution in [0.2, 0.25) is 0 Å². The minimum Gasteiger partial charge on any atom is -0.315 e. The maximum atomic E-state index is 13.0. The minimum absolute atomic E-state index is 0.0790. The zero-order valence-electron chi connectivity index (χ0n) is 11.3. The highest BCUT2D eigenvalue weighted by Gasteiger charge is 2.52. The van der Waals surface area contributed by atoms with Crippen LogP contribution in [0.1, 0.15) is 18.4 Å². The van der Waals surface area contributed by atoms with E-state index in [4.69, 9.17) is 0 Å². The number of nitrogens with zero attached hydrogens (tertiary/aromatic N) is 1. The molecular weight excluding hydrogens is 253 g/mol. The van der Waals surface area contributed by atoms with E-state index in [0.29, 0.717) is 0 Å². The number of para-hydroxylation sites is 1. The monoisotopic (exact) mass is 269 g/mol. The van der Waals surface area contributed by atoms with Gasteiger partial charge in [0, 0.05) is 12.7 Å². The van der Waals surface area contributed by atoms with E-state index in [1.165, 1.54) is 12.1 Å². The summed E-state index contributed by atoms with van der Waals surface area (Å²) in [5, 5.41) is 0. The highest BCUT2D eigenvalue weighted by Crippen LogP contribution is 2.49. The van der Waals surface area contributed by atoms with Gasteiger partial charge in [0.25, 0.3) is 0 Å². The second kappa shape index (κ2) is 4.75. The summed E-state index contributed by atoms with van der Waals surface area (Å²) in [6, 6.07) is 15.9. The van der Waals surface area contributed by atoms with Crippen molar-refractivity contribution in [3.63, 3.8) is 0 Å². The molecule has 3 heteroatoms. The molecular formula is C17H16FNO. The maximum absolute atomic E-state index is 13.0. The molecule has 0 spiro atoms. The largest absolute Gasteiger partial charge is 0.315 e. The molecule has 0 N–H and O–H groups in total. The lowest BCUT2D eigenvalue weighted by Gasteiger charge is -2.24. The molecule has 102 valence electrons. The number of halogens is 1. The van der Waals surface area contributed by atoms with Crippen molar-refractivity contribution >= 4 is 11.6 Å². The van der Waals surface area contributed by atoms with Crippen molar-refractivity contribution in [2.75, 3.05) is 11.9 Å². The fraction of sp³-hybridized carbons (Fsp3) is 0.235. The van der Waals surface area contributed by atoms with E-state index in [0.717, 1.165) is 24.1 Å². The van der Waals surface area contributed by atoms with Crippen molar-refractivity contribution in [2.24, 2.45) is 0 Å². The van der Waals surface area contributed by atoms with Gasteiger partial charge in [-0.2, -0.15) is 0 Å². The first kappa shape index (κ1) is 12.9. The Labute approximate surface area is 117 Å². The maximum Gasteiger partial charge on any atom is 0.237 e. The van der Waals surface area contributed by atoms with E-state index >= 15 is 0 Å². The Bertz CT molecular complexity index is 617. The van der Waals surface area contributed by atoms with Crippen LogP contribution in [-0.4, -0.2) is 13.0 Å². The standard InChI is InChI=1S/C17H16FNO/c1-19(15-5-3-2-4-6-15)16(20)17(11-12-17)13-7-9-14(18)10-8-13/h2-10H,11-12H2,1H3. The van der Waals surface area contributed by atoms with Crippen LogP contribution in [0, 0.1) is 5.82 Å². The number of rotatable bonds is 3. The van der Waals surface area contributed by atoms with Gasteiger partial charge in [-0.15, -0.1) is 0 Å². The van der Waals surface area contributed by atoms with Crippen LogP contribution in [0.15, 0.2) is 54.6 Å². The van der Waals surface area contributed by atoms with Crippen molar-refractivity contribution in [3.05, 3.63) is 66.0 Å². The summed E-state index contributed by atoms with van der Waals surface area (Å²) in [4.78, 5) is 14.4. The average Bonchev–Trinajstić information content (AvgIpc) is 3.29. The lowest BCUT2D eigenvalue weighted by molar-refractivity contribution is -0.120. The van der Waals surface area contributed by atoms with Gasteiger partial charge in [-0.05, 0) is 42.7 Å². The van der Waals surface area contributed by atoms with Gasteiger partial charge in [-0.3, -0.25) is 4.79 Å². The number of amides is 1. The molecule has 0 saturated heterocycles. The Morgan fingerprint density at radius 1 is 1.05 bits per heavy atom. The van der Waals surface area contributed by atoms with Gasteiger partial charge >= 0.3 is 0 Å². The van der Waals surface area contributed by atoms with Crippen molar-refractivity contribution in [2.45, 2.75) is 18.3 Å². The van der Waals surface area contributed by atoms with Crippen LogP contribution >= 0.6 is 0 Å². The SMILES string of the molecule is CN(C(=O)C1(c2ccc(F)cc2)CC1)c1ccccc1. The normalized spacial score (nSPS) is 15.7. The van der Waals surface area contributed by atoms with Crippen LogP contribution in [0.5, 0.6) is 0 Å². The van der Waals surface area contributed by atoms with Gasteiger partial charge in [-0.1, -0.05) is 30.3 Å². The number of anilines is 1. The summed E-state index contributed by atoms with van der Waals surface area (Å²) >= 11 is 0. The molecule has 0 heterocycles. The zero-order valence-corrected chi connectivity index (χ0v) is 11.3. The van der Waals surface area contributed by atoms with E-state index in [9.17, 15) is 9.18 Å². The first-order valence-corrected chi connectivity index (χ1v) is 6.73. The number of benzene rings is 2. The molecule has 3 rings (SSSR count). The van der Waals surface area contributed by atoms with Crippen LogP contribution < -0.4 is 4.90 Å². The van der Waals surface area contributed by atoms with E-state index in [1.54, 1.807) is 24.1 Å². The van der Waals surface area contributed by atoms with Crippen molar-refractivity contribution in [3.8, 4) is 0 Å². The predicted octanol–water partition coefficient (Wildman–Crippen LogP) is 3.52. The molecule has 1 saturated carbocycles. The molecule has 0 bridgehead atoms. The van der Waals surface area contributed by atoms with Crippen LogP contribution in [0.3, 0.4) is 0 Å². The van der Waals surface area contributed by atoms with Gasteiger partial charge in [0.15, 0.2) is 0 Å². The molecule has 1 amide bonds. The van der Waals surface area contributed by atoms with E-state index in [2.05, 4.69) is 0 Å². The Morgan fingerprint density at radius 2 is 1.65 bits per heavy atom. The molecule has 2 aromatic carbocycles. The quantitative estimate of drug-likeness (QED) is 0.835. The topological polar surface area (TPSA) is 20.3 Å². The molecule has 1 fully saturated rings. The molecule has 0 aliphatic heterocycles. The Morgan fingerprint density at radius 3 is 2.20 bits per heavy atom. The Hall–Kier alpha value is -2.16. The molecule has 1 aliphatic carbocycles. The van der Waals surface area contributed by atoms with E-state index in [1.807, 2.05) is 30.3 Å². The second-order valence-corrected chi connectivity index (χ2v) is 5.29. The number of carbonyl (C=O) groups is 1. The molecule has 0 aromatic heterocycles. The molecule has 20 heavy (non-hydrogen) atoms. The van der Waals surface area contributed by atoms with E-state index < -0.39 is 5.41 Å². The van der Waals surface area contributed by atoms with Crippen LogP contribution in [-0.2, 0) is 10.2 Å². The van der Waals surface area contributed by atoms with Gasteiger partial charge < -0.3 is 4.90 Å². The number of hydrogen-bond acceptors (Lipinski definition) is 1. The Balaban J connectivity index is 1.88. The molecule has 1 aliphatic rings. The smallest absolute Gasteiger partial charge is 0.237 e. The first-order valence-electron chi connectivity index (χ1n) is 6.73. The molecule has 0 radical (unpaired) electrons. The van der Waals surface area contributed by atoms with Crippen molar-refractivity contribution < 1.29 is 9.18 Å². The summed E-state index contributed by atoms with van der Waals surface area (Å²) in [7, 11) is 1.79. The number of carbonyl (C=O) groups excluding carboxylic acids is 1. The second-order valence-electron chi connectivity index (χ2n) is 5.29. The summed E-state index contributed by atoms with van der Waals surface area (Å²) in [6.45, 7) is 0.